The van der Waals surface area contributed by atoms with Crippen LogP contribution in [0.15, 0.2) is 12.1 Å². The minimum Gasteiger partial charge on any atom is -0.504 e. The molecule has 0 saturated heterocycles. The molecule has 1 aromatic carbocycles. The Morgan fingerprint density at radius 3 is 1.44 bits per heavy atom. The molecule has 1 aromatic rings. The zero-order valence-electron chi connectivity index (χ0n) is 16.6. The van der Waals surface area contributed by atoms with Crippen molar-refractivity contribution in [3.05, 3.63) is 12.1 Å². The highest BCUT2D eigenvalue weighted by atomic mass is 16.3. The van der Waals surface area contributed by atoms with E-state index in [2.05, 4.69) is 36.7 Å². The number of nitrogens with one attached hydrogen (secondary N) is 3. The molecule has 1 rings (SSSR count). The first-order valence-corrected chi connectivity index (χ1v) is 10.3. The summed E-state index contributed by atoms with van der Waals surface area (Å²) in [6, 6.07) is 4.06. The summed E-state index contributed by atoms with van der Waals surface area (Å²) < 4.78 is 0. The number of aromatic hydroxyl groups is 1. The van der Waals surface area contributed by atoms with Crippen LogP contribution in [0.5, 0.6) is 5.75 Å². The molecule has 0 aromatic heterocycles. The van der Waals surface area contributed by atoms with E-state index in [-0.39, 0.29) is 0 Å². The third-order valence-electron chi connectivity index (χ3n) is 4.41. The molecule has 0 spiro atoms. The molecule has 0 unspecified atom stereocenters. The van der Waals surface area contributed by atoms with Crippen molar-refractivity contribution >= 4 is 17.1 Å². The minimum atomic E-state index is 0.340. The van der Waals surface area contributed by atoms with Crippen molar-refractivity contribution in [1.29, 1.82) is 0 Å². The highest BCUT2D eigenvalue weighted by Crippen LogP contribution is 2.36. The molecule has 4 heteroatoms. The van der Waals surface area contributed by atoms with Gasteiger partial charge in [-0.15, -0.1) is 0 Å². The van der Waals surface area contributed by atoms with E-state index < -0.39 is 0 Å². The van der Waals surface area contributed by atoms with Gasteiger partial charge in [0.2, 0.25) is 0 Å². The quantitative estimate of drug-likeness (QED) is 0.173. The van der Waals surface area contributed by atoms with E-state index in [4.69, 9.17) is 0 Å². The van der Waals surface area contributed by atoms with Crippen molar-refractivity contribution in [2.75, 3.05) is 35.6 Å². The molecule has 144 valence electrons. The van der Waals surface area contributed by atoms with Crippen molar-refractivity contribution in [2.45, 2.75) is 78.6 Å². The van der Waals surface area contributed by atoms with Crippen LogP contribution in [0.25, 0.3) is 0 Å². The van der Waals surface area contributed by atoms with Gasteiger partial charge in [-0.25, -0.2) is 0 Å². The first-order valence-electron chi connectivity index (χ1n) is 10.3. The van der Waals surface area contributed by atoms with E-state index in [9.17, 15) is 5.11 Å². The Morgan fingerprint density at radius 2 is 1.04 bits per heavy atom. The summed E-state index contributed by atoms with van der Waals surface area (Å²) >= 11 is 0. The van der Waals surface area contributed by atoms with Gasteiger partial charge in [-0.1, -0.05) is 59.3 Å². The number of unbranched alkanes of at least 4 members (excludes halogenated alkanes) is 6. The van der Waals surface area contributed by atoms with Gasteiger partial charge in [0, 0.05) is 25.3 Å². The first kappa shape index (κ1) is 21.5. The summed E-state index contributed by atoms with van der Waals surface area (Å²) in [5.41, 5.74) is 2.73. The Labute approximate surface area is 154 Å². The van der Waals surface area contributed by atoms with E-state index in [0.29, 0.717) is 5.75 Å². The second-order valence-corrected chi connectivity index (χ2v) is 6.82. The van der Waals surface area contributed by atoms with Gasteiger partial charge in [-0.05, 0) is 31.4 Å². The van der Waals surface area contributed by atoms with Crippen LogP contribution in [0.2, 0.25) is 0 Å². The van der Waals surface area contributed by atoms with E-state index in [0.717, 1.165) is 49.5 Å². The normalized spacial score (nSPS) is 10.7. The molecule has 0 aliphatic rings. The van der Waals surface area contributed by atoms with Gasteiger partial charge >= 0.3 is 0 Å². The number of phenols is 1. The number of hydrogen-bond donors (Lipinski definition) is 4. The monoisotopic (exact) mass is 349 g/mol. The third kappa shape index (κ3) is 8.89. The molecule has 4 nitrogen and oxygen atoms in total. The van der Waals surface area contributed by atoms with Gasteiger partial charge in [0.15, 0.2) is 5.75 Å². The number of anilines is 3. The molecular weight excluding hydrogens is 310 g/mol. The first-order chi connectivity index (χ1) is 12.2. The van der Waals surface area contributed by atoms with Crippen molar-refractivity contribution < 1.29 is 5.11 Å². The van der Waals surface area contributed by atoms with E-state index in [1.807, 2.05) is 12.1 Å². The highest BCUT2D eigenvalue weighted by Gasteiger charge is 2.10. The Hall–Kier alpha value is -1.58. The SMILES string of the molecule is CCCCCNc1cc(NCCCCC)c(O)c(NCCCCC)c1. The Morgan fingerprint density at radius 1 is 0.640 bits per heavy atom. The topological polar surface area (TPSA) is 56.3 Å². The van der Waals surface area contributed by atoms with Crippen LogP contribution in [0, 0.1) is 0 Å². The molecule has 0 atom stereocenters. The largest absolute Gasteiger partial charge is 0.504 e. The van der Waals surface area contributed by atoms with E-state index >= 15 is 0 Å². The standard InChI is InChI=1S/C21H39N3O/c1-4-7-10-13-22-18-16-19(23-14-11-8-5-2)21(25)20(17-18)24-15-12-9-6-3/h16-17,22-25H,4-15H2,1-3H3. The fourth-order valence-corrected chi connectivity index (χ4v) is 2.81. The van der Waals surface area contributed by atoms with Crippen LogP contribution >= 0.6 is 0 Å². The van der Waals surface area contributed by atoms with Crippen LogP contribution in [-0.2, 0) is 0 Å². The predicted octanol–water partition coefficient (Wildman–Crippen LogP) is 6.20. The molecule has 0 fully saturated rings. The fourth-order valence-electron chi connectivity index (χ4n) is 2.81. The molecule has 4 N–H and O–H groups in total. The van der Waals surface area contributed by atoms with Crippen LogP contribution in [0.3, 0.4) is 0 Å². The van der Waals surface area contributed by atoms with Gasteiger partial charge in [-0.3, -0.25) is 0 Å². The molecule has 0 heterocycles. The molecule has 0 aliphatic carbocycles. The molecule has 0 radical (unpaired) electrons. The van der Waals surface area contributed by atoms with Gasteiger partial charge in [0.05, 0.1) is 11.4 Å². The average Bonchev–Trinajstić information content (AvgIpc) is 2.62. The van der Waals surface area contributed by atoms with Crippen molar-refractivity contribution in [2.24, 2.45) is 0 Å². The molecular formula is C21H39N3O. The molecule has 0 bridgehead atoms. The number of benzene rings is 1. The second-order valence-electron chi connectivity index (χ2n) is 6.82. The summed E-state index contributed by atoms with van der Waals surface area (Å²) in [5.74, 6) is 0.340. The zero-order chi connectivity index (χ0) is 18.3. The van der Waals surface area contributed by atoms with E-state index in [1.54, 1.807) is 0 Å². The maximum absolute atomic E-state index is 10.6. The molecule has 0 amide bonds. The smallest absolute Gasteiger partial charge is 0.162 e. The molecule has 25 heavy (non-hydrogen) atoms. The molecule has 0 saturated carbocycles. The van der Waals surface area contributed by atoms with Crippen molar-refractivity contribution in [3.8, 4) is 5.75 Å². The summed E-state index contributed by atoms with van der Waals surface area (Å²) in [4.78, 5) is 0. The lowest BCUT2D eigenvalue weighted by Gasteiger charge is -2.17. The summed E-state index contributed by atoms with van der Waals surface area (Å²) in [7, 11) is 0. The summed E-state index contributed by atoms with van der Waals surface area (Å²) in [6.07, 6.45) is 10.7. The maximum atomic E-state index is 10.6. The number of hydrogen-bond acceptors (Lipinski definition) is 4. The summed E-state index contributed by atoms with van der Waals surface area (Å²) in [6.45, 7) is 9.40. The van der Waals surface area contributed by atoms with Crippen LogP contribution in [0.1, 0.15) is 78.6 Å². The number of rotatable bonds is 15. The lowest BCUT2D eigenvalue weighted by Crippen LogP contribution is -2.08. The zero-order valence-corrected chi connectivity index (χ0v) is 16.6. The van der Waals surface area contributed by atoms with Gasteiger partial charge < -0.3 is 21.1 Å². The highest BCUT2D eigenvalue weighted by molar-refractivity contribution is 5.77. The van der Waals surface area contributed by atoms with Gasteiger partial charge in [-0.2, -0.15) is 0 Å². The van der Waals surface area contributed by atoms with Crippen molar-refractivity contribution in [3.63, 3.8) is 0 Å². The fraction of sp³-hybridized carbons (Fsp3) is 0.714. The second kappa shape index (κ2) is 13.7. The minimum absolute atomic E-state index is 0.340. The van der Waals surface area contributed by atoms with Gasteiger partial charge in [0.25, 0.3) is 0 Å². The van der Waals surface area contributed by atoms with Crippen LogP contribution in [0.4, 0.5) is 17.1 Å². The molecule has 0 aliphatic heterocycles. The average molecular weight is 350 g/mol. The maximum Gasteiger partial charge on any atom is 0.162 e. The lowest BCUT2D eigenvalue weighted by atomic mass is 10.2. The van der Waals surface area contributed by atoms with Crippen molar-refractivity contribution in [1.82, 2.24) is 0 Å². The summed E-state index contributed by atoms with van der Waals surface area (Å²) in [5, 5.41) is 20.9. The Balaban J connectivity index is 2.72. The predicted molar refractivity (Wildman–Crippen MR) is 112 cm³/mol. The van der Waals surface area contributed by atoms with Crippen LogP contribution in [-0.4, -0.2) is 24.7 Å². The van der Waals surface area contributed by atoms with Crippen LogP contribution < -0.4 is 16.0 Å². The Bertz CT molecular complexity index is 429. The van der Waals surface area contributed by atoms with Gasteiger partial charge in [0.1, 0.15) is 0 Å². The number of phenolic OH excluding ortho intramolecular Hbond substituents is 1. The third-order valence-corrected chi connectivity index (χ3v) is 4.41. The lowest BCUT2D eigenvalue weighted by molar-refractivity contribution is 0.479. The van der Waals surface area contributed by atoms with E-state index in [1.165, 1.54) is 44.9 Å². The Kier molecular flexibility index (Phi) is 11.7.